The molecule has 4 aromatic rings. The normalized spacial score (nSPS) is 11.3. The maximum absolute atomic E-state index is 12.8. The van der Waals surface area contributed by atoms with Gasteiger partial charge in [-0.15, -0.1) is 0 Å². The molecule has 3 aromatic carbocycles. The highest BCUT2D eigenvalue weighted by Crippen LogP contribution is 2.28. The van der Waals surface area contributed by atoms with Gasteiger partial charge in [0.1, 0.15) is 5.82 Å². The van der Waals surface area contributed by atoms with Gasteiger partial charge in [-0.2, -0.15) is 9.78 Å². The van der Waals surface area contributed by atoms with Crippen LogP contribution in [0.3, 0.4) is 0 Å². The van der Waals surface area contributed by atoms with Crippen LogP contribution in [0.2, 0.25) is 0 Å². The van der Waals surface area contributed by atoms with Gasteiger partial charge in [0.05, 0.1) is 28.6 Å². The van der Waals surface area contributed by atoms with Crippen LogP contribution in [0.1, 0.15) is 23.9 Å². The molecule has 4 rings (SSSR count). The second-order valence-electron chi connectivity index (χ2n) is 7.78. The Morgan fingerprint density at radius 2 is 1.89 bits per heavy atom. The summed E-state index contributed by atoms with van der Waals surface area (Å²) in [4.78, 5) is 40.0. The number of hydrogen-bond acceptors (Lipinski definition) is 8. The molecule has 186 valence electrons. The van der Waals surface area contributed by atoms with Crippen molar-refractivity contribution in [3.8, 4) is 11.5 Å². The van der Waals surface area contributed by atoms with E-state index in [0.29, 0.717) is 40.2 Å². The fraction of sp³-hybridized carbons (Fsp3) is 0.111. The summed E-state index contributed by atoms with van der Waals surface area (Å²) in [6.45, 7) is 3.81. The topological polar surface area (TPSA) is 126 Å². The van der Waals surface area contributed by atoms with Gasteiger partial charge in [-0.3, -0.25) is 14.9 Å². The van der Waals surface area contributed by atoms with Crippen molar-refractivity contribution >= 4 is 34.9 Å². The lowest BCUT2D eigenvalue weighted by Gasteiger charge is -2.10. The molecule has 0 aliphatic heterocycles. The zero-order valence-corrected chi connectivity index (χ0v) is 20.0. The van der Waals surface area contributed by atoms with Crippen LogP contribution >= 0.6 is 0 Å². The van der Waals surface area contributed by atoms with E-state index in [4.69, 9.17) is 9.47 Å². The summed E-state index contributed by atoms with van der Waals surface area (Å²) in [6.07, 6.45) is 4.08. The molecule has 0 N–H and O–H groups in total. The molecule has 0 fully saturated rings. The van der Waals surface area contributed by atoms with E-state index >= 15 is 0 Å². The Balaban J connectivity index is 1.54. The lowest BCUT2D eigenvalue weighted by Crippen LogP contribution is -2.20. The Morgan fingerprint density at radius 3 is 2.68 bits per heavy atom. The largest absolute Gasteiger partial charge is 0.490 e. The van der Waals surface area contributed by atoms with Gasteiger partial charge in [0, 0.05) is 18.2 Å². The maximum atomic E-state index is 12.8. The Hall–Kier alpha value is -5.12. The Bertz CT molecular complexity index is 1610. The Morgan fingerprint density at radius 1 is 1.08 bits per heavy atom. The molecule has 0 radical (unpaired) electrons. The lowest BCUT2D eigenvalue weighted by molar-refractivity contribution is -0.384. The van der Waals surface area contributed by atoms with Gasteiger partial charge < -0.3 is 9.47 Å². The molecule has 1 aromatic heterocycles. The minimum absolute atomic E-state index is 0.0802. The Labute approximate surface area is 211 Å². The molecular weight excluding hydrogens is 476 g/mol. The molecular formula is C27H22N4O6. The average molecular weight is 498 g/mol. The van der Waals surface area contributed by atoms with Gasteiger partial charge in [0.15, 0.2) is 11.5 Å². The molecule has 10 heteroatoms. The van der Waals surface area contributed by atoms with Crippen LogP contribution in [0.4, 0.5) is 5.69 Å². The highest BCUT2D eigenvalue weighted by Gasteiger charge is 2.11. The third-order valence-electron chi connectivity index (χ3n) is 5.21. The number of benzene rings is 3. The van der Waals surface area contributed by atoms with E-state index in [1.54, 1.807) is 56.3 Å². The fourth-order valence-electron chi connectivity index (χ4n) is 3.50. The van der Waals surface area contributed by atoms with E-state index in [2.05, 4.69) is 10.1 Å². The number of aryl methyl sites for hydroxylation is 1. The van der Waals surface area contributed by atoms with E-state index in [1.165, 1.54) is 41.2 Å². The van der Waals surface area contributed by atoms with Crippen LogP contribution in [0.15, 0.2) is 82.7 Å². The molecule has 10 nitrogen and oxygen atoms in total. The van der Waals surface area contributed by atoms with Crippen LogP contribution in [0.5, 0.6) is 11.5 Å². The smallest absolute Gasteiger partial charge is 0.336 e. The number of fused-ring (bicyclic) bond motifs is 1. The van der Waals surface area contributed by atoms with Crippen LogP contribution in [-0.4, -0.2) is 33.4 Å². The fourth-order valence-corrected chi connectivity index (χ4v) is 3.50. The number of carbonyl (C=O) groups excluding carboxylic acids is 1. The predicted molar refractivity (Wildman–Crippen MR) is 139 cm³/mol. The summed E-state index contributed by atoms with van der Waals surface area (Å²) >= 11 is 0. The van der Waals surface area contributed by atoms with E-state index in [9.17, 15) is 19.7 Å². The minimum atomic E-state index is -0.682. The highest BCUT2D eigenvalue weighted by molar-refractivity contribution is 5.89. The monoisotopic (exact) mass is 498 g/mol. The number of ether oxygens (including phenoxy) is 2. The summed E-state index contributed by atoms with van der Waals surface area (Å²) in [5.41, 5.74) is 1.32. The van der Waals surface area contributed by atoms with Gasteiger partial charge in [-0.1, -0.05) is 24.3 Å². The van der Waals surface area contributed by atoms with Crippen LogP contribution < -0.4 is 15.0 Å². The van der Waals surface area contributed by atoms with Gasteiger partial charge >= 0.3 is 5.97 Å². The summed E-state index contributed by atoms with van der Waals surface area (Å²) < 4.78 is 12.2. The molecule has 0 amide bonds. The summed E-state index contributed by atoms with van der Waals surface area (Å²) in [7, 11) is 0. The molecule has 0 atom stereocenters. The zero-order chi connectivity index (χ0) is 26.4. The van der Waals surface area contributed by atoms with Crippen molar-refractivity contribution in [1.82, 2.24) is 9.66 Å². The first kappa shape index (κ1) is 25.0. The molecule has 37 heavy (non-hydrogen) atoms. The first-order valence-electron chi connectivity index (χ1n) is 11.3. The van der Waals surface area contributed by atoms with Crippen molar-refractivity contribution in [3.63, 3.8) is 0 Å². The average Bonchev–Trinajstić information content (AvgIpc) is 2.89. The van der Waals surface area contributed by atoms with Crippen LogP contribution in [0.25, 0.3) is 17.0 Å². The summed E-state index contributed by atoms with van der Waals surface area (Å²) in [6, 6.07) is 17.8. The van der Waals surface area contributed by atoms with Gasteiger partial charge in [-0.25, -0.2) is 9.78 Å². The van der Waals surface area contributed by atoms with Crippen molar-refractivity contribution in [2.24, 2.45) is 5.10 Å². The second kappa shape index (κ2) is 11.1. The van der Waals surface area contributed by atoms with Gasteiger partial charge in [-0.05, 0) is 61.4 Å². The summed E-state index contributed by atoms with van der Waals surface area (Å²) in [5, 5.41) is 15.7. The third-order valence-corrected chi connectivity index (χ3v) is 5.21. The SMILES string of the molecule is CCOc1cc(C=Nn2c(C)nc3ccccc3c2=O)ccc1OC(=O)/C=C/c1cccc([N+](=O)[O-])c1. The zero-order valence-electron chi connectivity index (χ0n) is 20.0. The number of para-hydroxylation sites is 1. The highest BCUT2D eigenvalue weighted by atomic mass is 16.6. The Kier molecular flexibility index (Phi) is 7.48. The molecule has 0 bridgehead atoms. The van der Waals surface area contributed by atoms with Crippen molar-refractivity contribution in [3.05, 3.63) is 110 Å². The van der Waals surface area contributed by atoms with Crippen molar-refractivity contribution in [2.45, 2.75) is 13.8 Å². The molecule has 1 heterocycles. The van der Waals surface area contributed by atoms with E-state index in [-0.39, 0.29) is 17.0 Å². The van der Waals surface area contributed by atoms with Crippen LogP contribution in [-0.2, 0) is 4.79 Å². The predicted octanol–water partition coefficient (Wildman–Crippen LogP) is 4.51. The molecule has 0 aliphatic rings. The van der Waals surface area contributed by atoms with Crippen LogP contribution in [0, 0.1) is 17.0 Å². The number of non-ortho nitro benzene ring substituents is 1. The first-order valence-corrected chi connectivity index (χ1v) is 11.3. The number of nitrogens with zero attached hydrogens (tertiary/aromatic N) is 4. The molecule has 0 aliphatic carbocycles. The number of hydrogen-bond donors (Lipinski definition) is 0. The minimum Gasteiger partial charge on any atom is -0.490 e. The van der Waals surface area contributed by atoms with Crippen molar-refractivity contribution < 1.29 is 19.2 Å². The first-order chi connectivity index (χ1) is 17.9. The van der Waals surface area contributed by atoms with E-state index < -0.39 is 10.9 Å². The number of nitro benzene ring substituents is 1. The quantitative estimate of drug-likeness (QED) is 0.0873. The summed E-state index contributed by atoms with van der Waals surface area (Å²) in [5.74, 6) is 0.252. The second-order valence-corrected chi connectivity index (χ2v) is 7.78. The lowest BCUT2D eigenvalue weighted by atomic mass is 10.2. The van der Waals surface area contributed by atoms with Gasteiger partial charge in [0.2, 0.25) is 0 Å². The molecule has 0 saturated carbocycles. The number of rotatable bonds is 8. The van der Waals surface area contributed by atoms with Gasteiger partial charge in [0.25, 0.3) is 11.2 Å². The van der Waals surface area contributed by atoms with E-state index in [0.717, 1.165) is 0 Å². The molecule has 0 spiro atoms. The number of aromatic nitrogens is 2. The third kappa shape index (κ3) is 5.93. The number of esters is 1. The standard InChI is InChI=1S/C27H22N4O6/c1-3-36-25-16-20(17-28-30-18(2)29-23-10-5-4-9-22(23)27(30)33)11-13-24(25)37-26(32)14-12-19-7-6-8-21(15-19)31(34)35/h4-17H,3H2,1-2H3/b14-12+,28-17?. The molecule has 0 unspecified atom stereocenters. The van der Waals surface area contributed by atoms with Crippen molar-refractivity contribution in [2.75, 3.05) is 6.61 Å². The maximum Gasteiger partial charge on any atom is 0.336 e. The van der Waals surface area contributed by atoms with Crippen molar-refractivity contribution in [1.29, 1.82) is 0 Å². The molecule has 0 saturated heterocycles. The number of carbonyl (C=O) groups is 1. The number of nitro groups is 1. The van der Waals surface area contributed by atoms with E-state index in [1.807, 2.05) is 6.07 Å².